The van der Waals surface area contributed by atoms with E-state index >= 15 is 0 Å². The third kappa shape index (κ3) is 6.16. The molecule has 1 rings (SSSR count). The van der Waals surface area contributed by atoms with Crippen LogP contribution in [-0.2, 0) is 16.1 Å². The van der Waals surface area contributed by atoms with E-state index in [-0.39, 0.29) is 25.8 Å². The fourth-order valence-electron chi connectivity index (χ4n) is 1.11. The van der Waals surface area contributed by atoms with E-state index in [2.05, 4.69) is 15.6 Å². The van der Waals surface area contributed by atoms with Crippen LogP contribution in [0.25, 0.3) is 0 Å². The van der Waals surface area contributed by atoms with Gasteiger partial charge < -0.3 is 20.5 Å². The molecule has 1 aromatic rings. The topological polar surface area (TPSA) is 101 Å². The van der Waals surface area contributed by atoms with Crippen LogP contribution in [-0.4, -0.2) is 41.8 Å². The van der Waals surface area contributed by atoms with Crippen molar-refractivity contribution in [1.29, 1.82) is 0 Å². The number of rotatable bonds is 7. The minimum atomic E-state index is -1.03. The van der Waals surface area contributed by atoms with Crippen LogP contribution in [0.15, 0.2) is 6.20 Å². The minimum absolute atomic E-state index is 0.166. The van der Waals surface area contributed by atoms with Crippen LogP contribution in [0.2, 0.25) is 0 Å². The predicted octanol–water partition coefficient (Wildman–Crippen LogP) is 0.352. The van der Waals surface area contributed by atoms with E-state index in [1.807, 2.05) is 6.92 Å². The van der Waals surface area contributed by atoms with Gasteiger partial charge in [0.05, 0.1) is 18.2 Å². The summed E-state index contributed by atoms with van der Waals surface area (Å²) in [7, 11) is 0. The Hall–Kier alpha value is -1.67. The summed E-state index contributed by atoms with van der Waals surface area (Å²) in [5.74, 6) is -1.03. The van der Waals surface area contributed by atoms with Crippen LogP contribution in [0.4, 0.5) is 4.79 Å². The number of amides is 2. The fraction of sp³-hybridized carbons (Fsp3) is 0.500. The van der Waals surface area contributed by atoms with Crippen molar-refractivity contribution >= 4 is 23.3 Å². The zero-order valence-electron chi connectivity index (χ0n) is 9.93. The first-order chi connectivity index (χ1) is 8.58. The van der Waals surface area contributed by atoms with E-state index in [0.717, 1.165) is 9.88 Å². The lowest BCUT2D eigenvalue weighted by molar-refractivity contribution is -0.142. The molecule has 0 aromatic carbocycles. The number of thiazole rings is 1. The third-order valence-electron chi connectivity index (χ3n) is 1.85. The summed E-state index contributed by atoms with van der Waals surface area (Å²) < 4.78 is 4.76. The molecule has 3 N–H and O–H groups in total. The summed E-state index contributed by atoms with van der Waals surface area (Å²) in [6.07, 6.45) is 1.72. The number of aliphatic carboxylic acids is 1. The Kier molecular flexibility index (Phi) is 6.09. The summed E-state index contributed by atoms with van der Waals surface area (Å²) in [4.78, 5) is 26.5. The molecule has 0 fully saturated rings. The smallest absolute Gasteiger partial charge is 0.329 e. The second kappa shape index (κ2) is 7.62. The molecule has 0 aliphatic heterocycles. The van der Waals surface area contributed by atoms with Gasteiger partial charge in [0.2, 0.25) is 0 Å². The van der Waals surface area contributed by atoms with E-state index in [1.54, 1.807) is 6.20 Å². The van der Waals surface area contributed by atoms with Crippen molar-refractivity contribution in [1.82, 2.24) is 15.6 Å². The monoisotopic (exact) mass is 273 g/mol. The number of nitrogens with one attached hydrogen (secondary N) is 2. The normalized spacial score (nSPS) is 10.1. The third-order valence-corrected chi connectivity index (χ3v) is 2.76. The molecular formula is C10H15N3O4S. The van der Waals surface area contributed by atoms with Crippen LogP contribution in [0.3, 0.4) is 0 Å². The van der Waals surface area contributed by atoms with Crippen molar-refractivity contribution < 1.29 is 19.4 Å². The molecule has 100 valence electrons. The van der Waals surface area contributed by atoms with Crippen LogP contribution in [0.1, 0.15) is 9.88 Å². The van der Waals surface area contributed by atoms with Crippen molar-refractivity contribution in [2.24, 2.45) is 0 Å². The minimum Gasteiger partial charge on any atom is -0.480 e. The zero-order chi connectivity index (χ0) is 13.4. The molecule has 7 nitrogen and oxygen atoms in total. The highest BCUT2D eigenvalue weighted by Crippen LogP contribution is 2.10. The maximum Gasteiger partial charge on any atom is 0.329 e. The lowest BCUT2D eigenvalue weighted by Crippen LogP contribution is -2.36. The van der Waals surface area contributed by atoms with Crippen LogP contribution in [0, 0.1) is 6.92 Å². The molecule has 2 amide bonds. The van der Waals surface area contributed by atoms with E-state index < -0.39 is 5.97 Å². The maximum absolute atomic E-state index is 11.3. The van der Waals surface area contributed by atoms with Crippen LogP contribution in [0.5, 0.6) is 0 Å². The summed E-state index contributed by atoms with van der Waals surface area (Å²) in [6, 6.07) is -0.319. The van der Waals surface area contributed by atoms with Crippen LogP contribution >= 0.6 is 11.3 Å². The molecule has 0 aliphatic rings. The number of hydrogen-bond donors (Lipinski definition) is 3. The Morgan fingerprint density at radius 2 is 2.28 bits per heavy atom. The van der Waals surface area contributed by atoms with Gasteiger partial charge in [0.25, 0.3) is 0 Å². The fourth-order valence-corrected chi connectivity index (χ4v) is 1.85. The molecule has 0 saturated heterocycles. The van der Waals surface area contributed by atoms with Gasteiger partial charge in [0.15, 0.2) is 0 Å². The van der Waals surface area contributed by atoms with Gasteiger partial charge in [-0.3, -0.25) is 0 Å². The lowest BCUT2D eigenvalue weighted by atomic mass is 10.5. The summed E-state index contributed by atoms with van der Waals surface area (Å²) in [5, 5.41) is 14.5. The molecule has 0 saturated carbocycles. The number of urea groups is 1. The van der Waals surface area contributed by atoms with Gasteiger partial charge in [-0.05, 0) is 6.92 Å². The van der Waals surface area contributed by atoms with Crippen molar-refractivity contribution in [2.75, 3.05) is 19.8 Å². The van der Waals surface area contributed by atoms with Crippen molar-refractivity contribution in [3.8, 4) is 0 Å². The number of nitrogens with zero attached hydrogens (tertiary/aromatic N) is 1. The summed E-state index contributed by atoms with van der Waals surface area (Å²) >= 11 is 1.52. The number of carboxylic acids is 1. The zero-order valence-corrected chi connectivity index (χ0v) is 10.7. The molecule has 0 aliphatic carbocycles. The highest BCUT2D eigenvalue weighted by Gasteiger charge is 2.02. The number of carbonyl (C=O) groups is 2. The number of aryl methyl sites for hydroxylation is 1. The molecule has 1 heterocycles. The van der Waals surface area contributed by atoms with Crippen molar-refractivity contribution in [3.63, 3.8) is 0 Å². The second-order valence-corrected chi connectivity index (χ2v) is 4.72. The Bertz CT molecular complexity index is 408. The lowest BCUT2D eigenvalue weighted by Gasteiger charge is -2.06. The molecule has 0 atom stereocenters. The molecule has 0 spiro atoms. The van der Waals surface area contributed by atoms with E-state index in [4.69, 9.17) is 9.84 Å². The number of aromatic nitrogens is 1. The van der Waals surface area contributed by atoms with Crippen LogP contribution < -0.4 is 10.6 Å². The molecule has 0 bridgehead atoms. The van der Waals surface area contributed by atoms with Gasteiger partial charge in [-0.15, -0.1) is 11.3 Å². The average molecular weight is 273 g/mol. The molecule has 8 heteroatoms. The SMILES string of the molecule is Cc1ncc(CNC(=O)NCCOCC(=O)O)s1. The van der Waals surface area contributed by atoms with Crippen molar-refractivity contribution in [2.45, 2.75) is 13.5 Å². The quantitative estimate of drug-likeness (QED) is 0.622. The van der Waals surface area contributed by atoms with Crippen molar-refractivity contribution in [3.05, 3.63) is 16.1 Å². The molecule has 1 aromatic heterocycles. The number of ether oxygens (including phenoxy) is 1. The molecule has 0 radical (unpaired) electrons. The number of carboxylic acid groups (broad SMARTS) is 1. The highest BCUT2D eigenvalue weighted by molar-refractivity contribution is 7.11. The van der Waals surface area contributed by atoms with E-state index in [0.29, 0.717) is 6.54 Å². The maximum atomic E-state index is 11.3. The number of hydrogen-bond acceptors (Lipinski definition) is 5. The molecule has 0 unspecified atom stereocenters. The Morgan fingerprint density at radius 1 is 1.50 bits per heavy atom. The molecule has 18 heavy (non-hydrogen) atoms. The Morgan fingerprint density at radius 3 is 2.89 bits per heavy atom. The first kappa shape index (κ1) is 14.4. The van der Waals surface area contributed by atoms with E-state index in [1.165, 1.54) is 11.3 Å². The Balaban J connectivity index is 2.05. The van der Waals surface area contributed by atoms with Gasteiger partial charge in [0.1, 0.15) is 6.61 Å². The van der Waals surface area contributed by atoms with Gasteiger partial charge in [-0.25, -0.2) is 14.6 Å². The average Bonchev–Trinajstić information content (AvgIpc) is 2.71. The largest absolute Gasteiger partial charge is 0.480 e. The first-order valence-electron chi connectivity index (χ1n) is 5.30. The molecular weight excluding hydrogens is 258 g/mol. The van der Waals surface area contributed by atoms with Gasteiger partial charge in [-0.1, -0.05) is 0 Å². The summed E-state index contributed by atoms with van der Waals surface area (Å²) in [5.41, 5.74) is 0. The summed E-state index contributed by atoms with van der Waals surface area (Å²) in [6.45, 7) is 2.39. The van der Waals surface area contributed by atoms with Gasteiger partial charge in [-0.2, -0.15) is 0 Å². The highest BCUT2D eigenvalue weighted by atomic mass is 32.1. The van der Waals surface area contributed by atoms with Gasteiger partial charge >= 0.3 is 12.0 Å². The Labute approximate surface area is 108 Å². The standard InChI is InChI=1S/C10H15N3O4S/c1-7-12-4-8(18-7)5-13-10(16)11-2-3-17-6-9(14)15/h4H,2-3,5-6H2,1H3,(H,14,15)(H2,11,13,16). The second-order valence-electron chi connectivity index (χ2n) is 3.40. The predicted molar refractivity (Wildman–Crippen MR) is 65.5 cm³/mol. The van der Waals surface area contributed by atoms with E-state index in [9.17, 15) is 9.59 Å². The number of carbonyl (C=O) groups excluding carboxylic acids is 1. The first-order valence-corrected chi connectivity index (χ1v) is 6.12. The van der Waals surface area contributed by atoms with Gasteiger partial charge in [0, 0.05) is 17.6 Å².